The van der Waals surface area contributed by atoms with Gasteiger partial charge in [-0.1, -0.05) is 24.3 Å². The minimum atomic E-state index is 0.709. The normalized spacial score (nSPS) is 10.3. The molecule has 0 atom stereocenters. The van der Waals surface area contributed by atoms with Gasteiger partial charge in [0.2, 0.25) is 0 Å². The number of methoxy groups -OCH3 is 2. The minimum Gasteiger partial charge on any atom is -0.493 e. The van der Waals surface area contributed by atoms with E-state index < -0.39 is 0 Å². The molecule has 3 aromatic rings. The monoisotopic (exact) mass is 320 g/mol. The van der Waals surface area contributed by atoms with Crippen LogP contribution in [0, 0.1) is 0 Å². The van der Waals surface area contributed by atoms with Gasteiger partial charge < -0.3 is 14.4 Å². The zero-order valence-corrected chi connectivity index (χ0v) is 14.1. The molecule has 0 saturated carbocycles. The van der Waals surface area contributed by atoms with Crippen LogP contribution >= 0.6 is 0 Å². The van der Waals surface area contributed by atoms with Crippen LogP contribution in [0.2, 0.25) is 0 Å². The highest BCUT2D eigenvalue weighted by molar-refractivity contribution is 5.68. The third-order valence-corrected chi connectivity index (χ3v) is 3.95. The lowest BCUT2D eigenvalue weighted by molar-refractivity contribution is 0.355. The average molecular weight is 320 g/mol. The molecule has 0 N–H and O–H groups in total. The highest BCUT2D eigenvalue weighted by atomic mass is 16.5. The van der Waals surface area contributed by atoms with Crippen molar-refractivity contribution in [3.05, 3.63) is 66.9 Å². The number of hydrogen-bond donors (Lipinski definition) is 0. The smallest absolute Gasteiger partial charge is 0.161 e. The quantitative estimate of drug-likeness (QED) is 0.691. The zero-order chi connectivity index (χ0) is 16.9. The molecule has 3 rings (SSSR count). The molecule has 0 aliphatic carbocycles. The standard InChI is InChI=1S/C20H20N2O2/c1-22(17-7-5-4-6-8-17)20-12-10-16(14-21-20)15-9-11-18(23-2)19(13-15)24-3/h4-14H,1-3H3. The number of ether oxygens (including phenoxy) is 2. The highest BCUT2D eigenvalue weighted by Gasteiger charge is 2.08. The fraction of sp³-hybridized carbons (Fsp3) is 0.150. The fourth-order valence-electron chi connectivity index (χ4n) is 2.55. The Morgan fingerprint density at radius 3 is 2.12 bits per heavy atom. The largest absolute Gasteiger partial charge is 0.493 e. The van der Waals surface area contributed by atoms with E-state index in [1.807, 2.05) is 55.7 Å². The molecule has 0 aliphatic heterocycles. The predicted octanol–water partition coefficient (Wildman–Crippen LogP) is 4.53. The maximum Gasteiger partial charge on any atom is 0.161 e. The Balaban J connectivity index is 1.87. The Kier molecular flexibility index (Phi) is 4.66. The van der Waals surface area contributed by atoms with E-state index in [-0.39, 0.29) is 0 Å². The van der Waals surface area contributed by atoms with E-state index in [2.05, 4.69) is 28.1 Å². The average Bonchev–Trinajstić information content (AvgIpc) is 2.67. The van der Waals surface area contributed by atoms with E-state index in [0.29, 0.717) is 5.75 Å². The van der Waals surface area contributed by atoms with Crippen LogP contribution in [0.5, 0.6) is 11.5 Å². The van der Waals surface area contributed by atoms with Crippen LogP contribution in [0.15, 0.2) is 66.9 Å². The summed E-state index contributed by atoms with van der Waals surface area (Å²) in [7, 11) is 5.28. The second-order valence-electron chi connectivity index (χ2n) is 5.37. The molecule has 4 nitrogen and oxygen atoms in total. The molecule has 0 bridgehead atoms. The molecular weight excluding hydrogens is 300 g/mol. The van der Waals surface area contributed by atoms with Gasteiger partial charge in [0.25, 0.3) is 0 Å². The summed E-state index contributed by atoms with van der Waals surface area (Å²) in [5.74, 6) is 2.32. The molecule has 1 aromatic heterocycles. The second kappa shape index (κ2) is 7.04. The van der Waals surface area contributed by atoms with Gasteiger partial charge >= 0.3 is 0 Å². The Morgan fingerprint density at radius 2 is 1.50 bits per heavy atom. The van der Waals surface area contributed by atoms with Crippen molar-refractivity contribution in [3.63, 3.8) is 0 Å². The molecular formula is C20H20N2O2. The van der Waals surface area contributed by atoms with Crippen LogP contribution in [-0.4, -0.2) is 26.3 Å². The van der Waals surface area contributed by atoms with Gasteiger partial charge in [0.1, 0.15) is 5.82 Å². The molecule has 0 fully saturated rings. The van der Waals surface area contributed by atoms with Gasteiger partial charge in [-0.25, -0.2) is 4.98 Å². The number of aromatic nitrogens is 1. The topological polar surface area (TPSA) is 34.6 Å². The van der Waals surface area contributed by atoms with Crippen molar-refractivity contribution in [3.8, 4) is 22.6 Å². The maximum absolute atomic E-state index is 5.36. The van der Waals surface area contributed by atoms with Crippen molar-refractivity contribution >= 4 is 11.5 Å². The lowest BCUT2D eigenvalue weighted by Gasteiger charge is -2.18. The van der Waals surface area contributed by atoms with Crippen LogP contribution in [0.3, 0.4) is 0 Å². The van der Waals surface area contributed by atoms with E-state index in [4.69, 9.17) is 9.47 Å². The molecule has 1 heterocycles. The van der Waals surface area contributed by atoms with Gasteiger partial charge in [-0.05, 0) is 42.0 Å². The van der Waals surface area contributed by atoms with E-state index in [1.54, 1.807) is 14.2 Å². The zero-order valence-electron chi connectivity index (χ0n) is 14.1. The van der Waals surface area contributed by atoms with Crippen molar-refractivity contribution in [1.82, 2.24) is 4.98 Å². The number of para-hydroxylation sites is 1. The number of anilines is 2. The van der Waals surface area contributed by atoms with Crippen LogP contribution in [0.4, 0.5) is 11.5 Å². The van der Waals surface area contributed by atoms with Gasteiger partial charge in [0, 0.05) is 24.5 Å². The van der Waals surface area contributed by atoms with E-state index in [9.17, 15) is 0 Å². The summed E-state index contributed by atoms with van der Waals surface area (Å²) in [6.45, 7) is 0. The molecule has 2 aromatic carbocycles. The van der Waals surface area contributed by atoms with Crippen molar-refractivity contribution < 1.29 is 9.47 Å². The maximum atomic E-state index is 5.36. The minimum absolute atomic E-state index is 0.709. The number of benzene rings is 2. The van der Waals surface area contributed by atoms with E-state index >= 15 is 0 Å². The third-order valence-electron chi connectivity index (χ3n) is 3.95. The van der Waals surface area contributed by atoms with Crippen molar-refractivity contribution in [2.24, 2.45) is 0 Å². The predicted molar refractivity (Wildman–Crippen MR) is 97.3 cm³/mol. The summed E-state index contributed by atoms with van der Waals surface area (Å²) in [4.78, 5) is 6.64. The molecule has 24 heavy (non-hydrogen) atoms. The lowest BCUT2D eigenvalue weighted by Crippen LogP contribution is -2.10. The van der Waals surface area contributed by atoms with Crippen molar-refractivity contribution in [1.29, 1.82) is 0 Å². The summed E-state index contributed by atoms with van der Waals surface area (Å²) >= 11 is 0. The van der Waals surface area contributed by atoms with Gasteiger partial charge in [-0.15, -0.1) is 0 Å². The van der Waals surface area contributed by atoms with Gasteiger partial charge in [0.15, 0.2) is 11.5 Å². The first kappa shape index (κ1) is 15.9. The molecule has 0 spiro atoms. The number of pyridine rings is 1. The Hall–Kier alpha value is -3.01. The lowest BCUT2D eigenvalue weighted by atomic mass is 10.1. The summed E-state index contributed by atoms with van der Waals surface area (Å²) in [6.07, 6.45) is 1.87. The van der Waals surface area contributed by atoms with E-state index in [0.717, 1.165) is 28.4 Å². The van der Waals surface area contributed by atoms with E-state index in [1.165, 1.54) is 0 Å². The van der Waals surface area contributed by atoms with Crippen LogP contribution in [-0.2, 0) is 0 Å². The van der Waals surface area contributed by atoms with Crippen LogP contribution in [0.1, 0.15) is 0 Å². The second-order valence-corrected chi connectivity index (χ2v) is 5.37. The van der Waals surface area contributed by atoms with Gasteiger partial charge in [-0.3, -0.25) is 0 Å². The van der Waals surface area contributed by atoms with Gasteiger partial charge in [0.05, 0.1) is 14.2 Å². The summed E-state index contributed by atoms with van der Waals surface area (Å²) < 4.78 is 10.6. The van der Waals surface area contributed by atoms with Crippen molar-refractivity contribution in [2.45, 2.75) is 0 Å². The molecule has 0 aliphatic rings. The van der Waals surface area contributed by atoms with Crippen molar-refractivity contribution in [2.75, 3.05) is 26.2 Å². The summed E-state index contributed by atoms with van der Waals surface area (Å²) in [5.41, 5.74) is 3.17. The first-order valence-electron chi connectivity index (χ1n) is 7.70. The molecule has 0 saturated heterocycles. The molecule has 122 valence electrons. The third kappa shape index (κ3) is 3.18. The summed E-state index contributed by atoms with van der Waals surface area (Å²) in [6, 6.07) is 20.1. The molecule has 0 amide bonds. The van der Waals surface area contributed by atoms with Crippen LogP contribution < -0.4 is 14.4 Å². The highest BCUT2D eigenvalue weighted by Crippen LogP contribution is 2.32. The fourth-order valence-corrected chi connectivity index (χ4v) is 2.55. The van der Waals surface area contributed by atoms with Crippen LogP contribution in [0.25, 0.3) is 11.1 Å². The number of rotatable bonds is 5. The Morgan fingerprint density at radius 1 is 0.792 bits per heavy atom. The molecule has 0 radical (unpaired) electrons. The molecule has 4 heteroatoms. The first-order valence-corrected chi connectivity index (χ1v) is 7.70. The molecule has 0 unspecified atom stereocenters. The number of nitrogens with zero attached hydrogens (tertiary/aromatic N) is 2. The summed E-state index contributed by atoms with van der Waals surface area (Å²) in [5, 5.41) is 0. The Bertz CT molecular complexity index is 802. The van der Waals surface area contributed by atoms with Gasteiger partial charge in [-0.2, -0.15) is 0 Å². The SMILES string of the molecule is COc1ccc(-c2ccc(N(C)c3ccccc3)nc2)cc1OC. The Labute approximate surface area is 142 Å². The number of hydrogen-bond acceptors (Lipinski definition) is 4. The first-order chi connectivity index (χ1) is 11.7.